The Morgan fingerprint density at radius 3 is 2.73 bits per heavy atom. The lowest BCUT2D eigenvalue weighted by atomic mass is 9.98. The second-order valence-corrected chi connectivity index (χ2v) is 6.92. The largest absolute Gasteiger partial charge is 0.478 e. The van der Waals surface area contributed by atoms with Gasteiger partial charge in [-0.1, -0.05) is 12.8 Å². The molecule has 2 aromatic heterocycles. The lowest BCUT2D eigenvalue weighted by Gasteiger charge is -2.19. The van der Waals surface area contributed by atoms with Crippen molar-refractivity contribution in [1.29, 1.82) is 0 Å². The van der Waals surface area contributed by atoms with Crippen molar-refractivity contribution in [3.8, 4) is 11.1 Å². The molecule has 0 spiro atoms. The third kappa shape index (κ3) is 2.77. The molecule has 0 atom stereocenters. The van der Waals surface area contributed by atoms with Crippen molar-refractivity contribution in [2.45, 2.75) is 31.7 Å². The number of fused-ring (bicyclic) bond motifs is 1. The summed E-state index contributed by atoms with van der Waals surface area (Å²) in [7, 11) is 1.71. The van der Waals surface area contributed by atoms with Crippen molar-refractivity contribution in [3.05, 3.63) is 52.6 Å². The highest BCUT2D eigenvalue weighted by Gasteiger charge is 2.19. The van der Waals surface area contributed by atoms with Gasteiger partial charge in [-0.2, -0.15) is 0 Å². The van der Waals surface area contributed by atoms with E-state index < -0.39 is 5.97 Å². The number of anilines is 1. The van der Waals surface area contributed by atoms with Crippen LogP contribution < -0.4 is 10.9 Å². The van der Waals surface area contributed by atoms with E-state index in [1.165, 1.54) is 17.4 Å². The fourth-order valence-electron chi connectivity index (χ4n) is 3.80. The van der Waals surface area contributed by atoms with Gasteiger partial charge in [-0.25, -0.2) is 4.79 Å². The van der Waals surface area contributed by atoms with E-state index in [0.717, 1.165) is 35.0 Å². The zero-order chi connectivity index (χ0) is 18.3. The fraction of sp³-hybridized carbons (Fsp3) is 0.300. The highest BCUT2D eigenvalue weighted by molar-refractivity contribution is 6.00. The molecule has 2 heterocycles. The molecule has 6 nitrogen and oxygen atoms in total. The summed E-state index contributed by atoms with van der Waals surface area (Å²) in [5, 5.41) is 13.8. The number of nitrogens with zero attached hydrogens (tertiary/aromatic N) is 1. The first-order chi connectivity index (χ1) is 12.5. The van der Waals surface area contributed by atoms with E-state index in [4.69, 9.17) is 0 Å². The van der Waals surface area contributed by atoms with E-state index in [2.05, 4.69) is 10.3 Å². The maximum Gasteiger partial charge on any atom is 0.335 e. The summed E-state index contributed by atoms with van der Waals surface area (Å²) in [5.74, 6) is -0.964. The van der Waals surface area contributed by atoms with Crippen molar-refractivity contribution >= 4 is 22.6 Å². The second kappa shape index (κ2) is 6.37. The number of hydrogen-bond acceptors (Lipinski definition) is 3. The molecule has 0 bridgehead atoms. The number of nitrogens with one attached hydrogen (secondary N) is 2. The van der Waals surface area contributed by atoms with Gasteiger partial charge in [0.05, 0.1) is 5.56 Å². The van der Waals surface area contributed by atoms with Crippen LogP contribution in [0.2, 0.25) is 0 Å². The number of carboxylic acids is 1. The zero-order valence-electron chi connectivity index (χ0n) is 14.6. The van der Waals surface area contributed by atoms with Crippen molar-refractivity contribution < 1.29 is 9.90 Å². The molecule has 3 N–H and O–H groups in total. The fourth-order valence-corrected chi connectivity index (χ4v) is 3.80. The van der Waals surface area contributed by atoms with Crippen LogP contribution in [0.3, 0.4) is 0 Å². The van der Waals surface area contributed by atoms with E-state index in [-0.39, 0.29) is 11.1 Å². The van der Waals surface area contributed by atoms with E-state index >= 15 is 0 Å². The molecule has 0 amide bonds. The summed E-state index contributed by atoms with van der Waals surface area (Å²) in [6.45, 7) is 0. The van der Waals surface area contributed by atoms with Crippen LogP contribution in [0.5, 0.6) is 0 Å². The summed E-state index contributed by atoms with van der Waals surface area (Å²) < 4.78 is 1.53. The molecule has 134 valence electrons. The van der Waals surface area contributed by atoms with Crippen LogP contribution in [0.25, 0.3) is 22.0 Å². The predicted octanol–water partition coefficient (Wildman–Crippen LogP) is 3.59. The number of aryl methyl sites for hydroxylation is 1. The van der Waals surface area contributed by atoms with Crippen LogP contribution in [0.1, 0.15) is 36.0 Å². The Morgan fingerprint density at radius 2 is 2.00 bits per heavy atom. The van der Waals surface area contributed by atoms with Gasteiger partial charge in [-0.05, 0) is 37.1 Å². The molecule has 0 aliphatic heterocycles. The summed E-state index contributed by atoms with van der Waals surface area (Å²) in [6.07, 6.45) is 8.17. The van der Waals surface area contributed by atoms with Crippen LogP contribution >= 0.6 is 0 Å². The normalized spacial score (nSPS) is 14.8. The molecule has 1 saturated carbocycles. The highest BCUT2D eigenvalue weighted by atomic mass is 16.4. The Kier molecular flexibility index (Phi) is 4.03. The Balaban J connectivity index is 1.92. The van der Waals surface area contributed by atoms with Crippen molar-refractivity contribution in [2.75, 3.05) is 5.32 Å². The smallest absolute Gasteiger partial charge is 0.335 e. The Bertz CT molecular complexity index is 1040. The third-order valence-electron chi connectivity index (χ3n) is 5.17. The minimum absolute atomic E-state index is 0.103. The van der Waals surface area contributed by atoms with E-state index in [0.29, 0.717) is 11.6 Å². The average Bonchev–Trinajstić information content (AvgIpc) is 3.30. The van der Waals surface area contributed by atoms with Gasteiger partial charge in [0.2, 0.25) is 0 Å². The number of carbonyl (C=O) groups is 1. The number of aromatic amines is 1. The molecule has 1 aromatic carbocycles. The lowest BCUT2D eigenvalue weighted by Crippen LogP contribution is -2.18. The molecule has 6 heteroatoms. The highest BCUT2D eigenvalue weighted by Crippen LogP contribution is 2.35. The number of carboxylic acid groups (broad SMARTS) is 1. The predicted molar refractivity (Wildman–Crippen MR) is 102 cm³/mol. The Labute approximate surface area is 150 Å². The van der Waals surface area contributed by atoms with Crippen LogP contribution in [0, 0.1) is 0 Å². The number of H-pyrrole nitrogens is 1. The summed E-state index contributed by atoms with van der Waals surface area (Å²) in [6, 6.07) is 7.41. The standard InChI is InChI=1S/C20H21N3O3/c1-23-11-16(14-8-9-21-18(14)19(23)24)15-10-12(20(25)26)6-7-17(15)22-13-4-2-3-5-13/h6-11,13,21-22H,2-5H2,1H3,(H,25,26). The third-order valence-corrected chi connectivity index (χ3v) is 5.17. The zero-order valence-corrected chi connectivity index (χ0v) is 14.6. The molecule has 1 aliphatic carbocycles. The summed E-state index contributed by atoms with van der Waals surface area (Å²) >= 11 is 0. The van der Waals surface area contributed by atoms with Gasteiger partial charge in [-0.15, -0.1) is 0 Å². The molecule has 4 rings (SSSR count). The van der Waals surface area contributed by atoms with Gasteiger partial charge in [0.1, 0.15) is 5.52 Å². The van der Waals surface area contributed by atoms with Gasteiger partial charge < -0.3 is 20.0 Å². The molecule has 0 radical (unpaired) electrons. The number of rotatable bonds is 4. The summed E-state index contributed by atoms with van der Waals surface area (Å²) in [5.41, 5.74) is 3.20. The first-order valence-electron chi connectivity index (χ1n) is 8.85. The molecule has 1 aliphatic rings. The maximum atomic E-state index is 12.3. The average molecular weight is 351 g/mol. The first-order valence-corrected chi connectivity index (χ1v) is 8.85. The number of benzene rings is 1. The van der Waals surface area contributed by atoms with Gasteiger partial charge >= 0.3 is 5.97 Å². The number of aromatic nitrogens is 2. The van der Waals surface area contributed by atoms with E-state index in [9.17, 15) is 14.7 Å². The van der Waals surface area contributed by atoms with Gasteiger partial charge in [0.25, 0.3) is 5.56 Å². The SMILES string of the molecule is Cn1cc(-c2cc(C(=O)O)ccc2NC2CCCC2)c2cc[nH]c2c1=O. The molecule has 0 saturated heterocycles. The summed E-state index contributed by atoms with van der Waals surface area (Å²) in [4.78, 5) is 26.8. The molecule has 1 fully saturated rings. The maximum absolute atomic E-state index is 12.3. The topological polar surface area (TPSA) is 87.1 Å². The minimum Gasteiger partial charge on any atom is -0.478 e. The van der Waals surface area contributed by atoms with Gasteiger partial charge in [-0.3, -0.25) is 4.79 Å². The first kappa shape index (κ1) is 16.4. The van der Waals surface area contributed by atoms with Crippen LogP contribution in [-0.4, -0.2) is 26.7 Å². The Morgan fingerprint density at radius 1 is 1.23 bits per heavy atom. The Hall–Kier alpha value is -3.02. The minimum atomic E-state index is -0.964. The van der Waals surface area contributed by atoms with Crippen molar-refractivity contribution in [3.63, 3.8) is 0 Å². The molecular formula is C20H21N3O3. The molecule has 3 aromatic rings. The van der Waals surface area contributed by atoms with E-state index in [1.54, 1.807) is 31.6 Å². The number of pyridine rings is 1. The van der Waals surface area contributed by atoms with Crippen molar-refractivity contribution in [2.24, 2.45) is 7.05 Å². The molecular weight excluding hydrogens is 330 g/mol. The monoisotopic (exact) mass is 351 g/mol. The van der Waals surface area contributed by atoms with Crippen LogP contribution in [0.4, 0.5) is 5.69 Å². The quantitative estimate of drug-likeness (QED) is 0.670. The van der Waals surface area contributed by atoms with Gasteiger partial charge in [0, 0.05) is 47.7 Å². The van der Waals surface area contributed by atoms with Crippen LogP contribution in [0.15, 0.2) is 41.5 Å². The molecule has 0 unspecified atom stereocenters. The molecule has 26 heavy (non-hydrogen) atoms. The number of hydrogen-bond donors (Lipinski definition) is 3. The second-order valence-electron chi connectivity index (χ2n) is 6.92. The number of aromatic carboxylic acids is 1. The van der Waals surface area contributed by atoms with Crippen LogP contribution in [-0.2, 0) is 7.05 Å². The van der Waals surface area contributed by atoms with Gasteiger partial charge in [0.15, 0.2) is 0 Å². The lowest BCUT2D eigenvalue weighted by molar-refractivity contribution is 0.0697. The van der Waals surface area contributed by atoms with Crippen molar-refractivity contribution in [1.82, 2.24) is 9.55 Å². The van der Waals surface area contributed by atoms with E-state index in [1.807, 2.05) is 12.1 Å².